The van der Waals surface area contributed by atoms with Crippen molar-refractivity contribution in [3.8, 4) is 23.0 Å². The number of nitrogens with one attached hydrogen (secondary N) is 1. The van der Waals surface area contributed by atoms with Gasteiger partial charge in [-0.2, -0.15) is 0 Å². The monoisotopic (exact) mass is 331 g/mol. The maximum absolute atomic E-state index is 12.4. The minimum atomic E-state index is -0.190. The van der Waals surface area contributed by atoms with Crippen molar-refractivity contribution in [2.24, 2.45) is 0 Å². The van der Waals surface area contributed by atoms with E-state index in [0.29, 0.717) is 28.7 Å². The number of benzene rings is 2. The lowest BCUT2D eigenvalue weighted by Crippen LogP contribution is -2.15. The van der Waals surface area contributed by atoms with Gasteiger partial charge in [-0.15, -0.1) is 0 Å². The molecule has 24 heavy (non-hydrogen) atoms. The van der Waals surface area contributed by atoms with Gasteiger partial charge >= 0.3 is 0 Å². The summed E-state index contributed by atoms with van der Waals surface area (Å²) in [4.78, 5) is 12.4. The molecule has 6 nitrogen and oxygen atoms in total. The predicted octanol–water partition coefficient (Wildman–Crippen LogP) is 2.90. The average Bonchev–Trinajstić information content (AvgIpc) is 2.61. The Kier molecular flexibility index (Phi) is 5.89. The number of amides is 1. The molecule has 1 amide bonds. The minimum Gasteiger partial charge on any atom is -0.497 e. The summed E-state index contributed by atoms with van der Waals surface area (Å²) in [6.07, 6.45) is 0.160. The molecule has 1 N–H and O–H groups in total. The van der Waals surface area contributed by atoms with Crippen molar-refractivity contribution in [2.45, 2.75) is 6.42 Å². The first kappa shape index (κ1) is 17.5. The lowest BCUT2D eigenvalue weighted by Gasteiger charge is -2.13. The Morgan fingerprint density at radius 1 is 0.833 bits per heavy atom. The van der Waals surface area contributed by atoms with Crippen LogP contribution in [-0.4, -0.2) is 34.3 Å². The maximum atomic E-state index is 12.4. The van der Waals surface area contributed by atoms with Gasteiger partial charge < -0.3 is 24.3 Å². The highest BCUT2D eigenvalue weighted by Crippen LogP contribution is 2.30. The van der Waals surface area contributed by atoms with Crippen LogP contribution in [0.5, 0.6) is 23.0 Å². The Balaban J connectivity index is 2.16. The van der Waals surface area contributed by atoms with E-state index in [1.165, 1.54) is 0 Å². The van der Waals surface area contributed by atoms with Gasteiger partial charge in [-0.05, 0) is 18.2 Å². The zero-order valence-electron chi connectivity index (χ0n) is 14.2. The number of anilines is 1. The van der Waals surface area contributed by atoms with E-state index in [2.05, 4.69) is 5.32 Å². The van der Waals surface area contributed by atoms with E-state index in [9.17, 15) is 4.79 Å². The third kappa shape index (κ3) is 4.10. The molecule has 0 aliphatic rings. The molecule has 0 aliphatic heterocycles. The standard InChI is InChI=1S/C18H21NO5/c1-21-13-7-8-16(23-3)15(10-13)19-18(20)9-12-5-6-14(22-2)11-17(12)24-4/h5-8,10-11H,9H2,1-4H3,(H,19,20). The Bertz CT molecular complexity index is 715. The summed E-state index contributed by atoms with van der Waals surface area (Å²) in [6.45, 7) is 0. The highest BCUT2D eigenvalue weighted by molar-refractivity contribution is 5.94. The van der Waals surface area contributed by atoms with Crippen molar-refractivity contribution >= 4 is 11.6 Å². The Morgan fingerprint density at radius 2 is 1.46 bits per heavy atom. The number of rotatable bonds is 7. The summed E-state index contributed by atoms with van der Waals surface area (Å²) in [6, 6.07) is 10.6. The molecule has 0 aromatic heterocycles. The van der Waals surface area contributed by atoms with Crippen LogP contribution in [0.1, 0.15) is 5.56 Å². The van der Waals surface area contributed by atoms with Crippen LogP contribution >= 0.6 is 0 Å². The van der Waals surface area contributed by atoms with Crippen molar-refractivity contribution < 1.29 is 23.7 Å². The van der Waals surface area contributed by atoms with Crippen LogP contribution in [0.15, 0.2) is 36.4 Å². The lowest BCUT2D eigenvalue weighted by molar-refractivity contribution is -0.115. The topological polar surface area (TPSA) is 66.0 Å². The SMILES string of the molecule is COc1ccc(OC)c(NC(=O)Cc2ccc(OC)cc2OC)c1. The second-order valence-electron chi connectivity index (χ2n) is 4.97. The molecule has 0 bridgehead atoms. The molecular formula is C18H21NO5. The Morgan fingerprint density at radius 3 is 2.08 bits per heavy atom. The third-order valence-corrected chi connectivity index (χ3v) is 3.53. The molecule has 0 spiro atoms. The van der Waals surface area contributed by atoms with Gasteiger partial charge in [0.25, 0.3) is 0 Å². The molecule has 0 fully saturated rings. The highest BCUT2D eigenvalue weighted by Gasteiger charge is 2.13. The van der Waals surface area contributed by atoms with Gasteiger partial charge in [0.05, 0.1) is 40.5 Å². The molecule has 6 heteroatoms. The van der Waals surface area contributed by atoms with Gasteiger partial charge in [0.2, 0.25) is 5.91 Å². The largest absolute Gasteiger partial charge is 0.497 e. The van der Waals surface area contributed by atoms with Crippen LogP contribution < -0.4 is 24.3 Å². The van der Waals surface area contributed by atoms with Crippen LogP contribution in [-0.2, 0) is 11.2 Å². The van der Waals surface area contributed by atoms with E-state index >= 15 is 0 Å². The zero-order valence-corrected chi connectivity index (χ0v) is 14.2. The summed E-state index contributed by atoms with van der Waals surface area (Å²) >= 11 is 0. The molecule has 0 atom stereocenters. The summed E-state index contributed by atoms with van der Waals surface area (Å²) in [5, 5.41) is 2.83. The second kappa shape index (κ2) is 8.10. The summed E-state index contributed by atoms with van der Waals surface area (Å²) in [5.74, 6) is 2.27. The molecule has 0 heterocycles. The van der Waals surface area contributed by atoms with Gasteiger partial charge in [-0.3, -0.25) is 4.79 Å². The molecule has 0 unspecified atom stereocenters. The Labute approximate surface area is 141 Å². The van der Waals surface area contributed by atoms with Gasteiger partial charge in [-0.25, -0.2) is 0 Å². The molecule has 2 aromatic rings. The van der Waals surface area contributed by atoms with E-state index in [0.717, 1.165) is 5.56 Å². The van der Waals surface area contributed by atoms with Crippen molar-refractivity contribution in [3.05, 3.63) is 42.0 Å². The normalized spacial score (nSPS) is 10.0. The van der Waals surface area contributed by atoms with Crippen LogP contribution in [0.2, 0.25) is 0 Å². The number of ether oxygens (including phenoxy) is 4. The molecular weight excluding hydrogens is 310 g/mol. The van der Waals surface area contributed by atoms with Gasteiger partial charge in [0.15, 0.2) is 0 Å². The quantitative estimate of drug-likeness (QED) is 0.845. The number of hydrogen-bond donors (Lipinski definition) is 1. The Hall–Kier alpha value is -2.89. The number of methoxy groups -OCH3 is 4. The van der Waals surface area contributed by atoms with Gasteiger partial charge in [-0.1, -0.05) is 6.07 Å². The maximum Gasteiger partial charge on any atom is 0.229 e. The molecule has 0 radical (unpaired) electrons. The molecule has 2 rings (SSSR count). The summed E-state index contributed by atoms with van der Waals surface area (Å²) in [7, 11) is 6.25. The minimum absolute atomic E-state index is 0.160. The average molecular weight is 331 g/mol. The van der Waals surface area contributed by atoms with Crippen LogP contribution in [0.4, 0.5) is 5.69 Å². The van der Waals surface area contributed by atoms with Crippen LogP contribution in [0.25, 0.3) is 0 Å². The van der Waals surface area contributed by atoms with Crippen molar-refractivity contribution in [1.29, 1.82) is 0 Å². The zero-order chi connectivity index (χ0) is 17.5. The first-order valence-electron chi connectivity index (χ1n) is 7.34. The number of carbonyl (C=O) groups is 1. The predicted molar refractivity (Wildman–Crippen MR) is 91.4 cm³/mol. The van der Waals surface area contributed by atoms with Crippen LogP contribution in [0.3, 0.4) is 0 Å². The molecule has 0 saturated carbocycles. The molecule has 0 saturated heterocycles. The second-order valence-corrected chi connectivity index (χ2v) is 4.97. The van der Waals surface area contributed by atoms with E-state index in [1.54, 1.807) is 64.8 Å². The van der Waals surface area contributed by atoms with Gasteiger partial charge in [0.1, 0.15) is 23.0 Å². The summed E-state index contributed by atoms with van der Waals surface area (Å²) in [5.41, 5.74) is 1.31. The fraction of sp³-hybridized carbons (Fsp3) is 0.278. The van der Waals surface area contributed by atoms with E-state index < -0.39 is 0 Å². The van der Waals surface area contributed by atoms with Crippen LogP contribution in [0, 0.1) is 0 Å². The molecule has 0 aliphatic carbocycles. The van der Waals surface area contributed by atoms with Crippen molar-refractivity contribution in [3.63, 3.8) is 0 Å². The van der Waals surface area contributed by atoms with Crippen molar-refractivity contribution in [2.75, 3.05) is 33.8 Å². The van der Waals surface area contributed by atoms with Gasteiger partial charge in [0, 0.05) is 17.7 Å². The fourth-order valence-electron chi connectivity index (χ4n) is 2.28. The fourth-order valence-corrected chi connectivity index (χ4v) is 2.28. The number of hydrogen-bond acceptors (Lipinski definition) is 5. The first-order chi connectivity index (χ1) is 11.6. The highest BCUT2D eigenvalue weighted by atomic mass is 16.5. The van der Waals surface area contributed by atoms with Crippen molar-refractivity contribution in [1.82, 2.24) is 0 Å². The third-order valence-electron chi connectivity index (χ3n) is 3.53. The van der Waals surface area contributed by atoms with E-state index in [1.807, 2.05) is 0 Å². The number of carbonyl (C=O) groups excluding carboxylic acids is 1. The molecule has 2 aromatic carbocycles. The molecule has 128 valence electrons. The first-order valence-corrected chi connectivity index (χ1v) is 7.34. The van der Waals surface area contributed by atoms with E-state index in [-0.39, 0.29) is 12.3 Å². The lowest BCUT2D eigenvalue weighted by atomic mass is 10.1. The summed E-state index contributed by atoms with van der Waals surface area (Å²) < 4.78 is 20.9. The smallest absolute Gasteiger partial charge is 0.229 e. The van der Waals surface area contributed by atoms with E-state index in [4.69, 9.17) is 18.9 Å².